The van der Waals surface area contributed by atoms with Gasteiger partial charge in [0.1, 0.15) is 0 Å². The maximum absolute atomic E-state index is 11.9. The van der Waals surface area contributed by atoms with Crippen LogP contribution < -0.4 is 11.5 Å². The van der Waals surface area contributed by atoms with Crippen LogP contribution in [0.15, 0.2) is 35.3 Å². The van der Waals surface area contributed by atoms with Gasteiger partial charge in [0.15, 0.2) is 11.7 Å². The fourth-order valence-corrected chi connectivity index (χ4v) is 1.75. The fraction of sp³-hybridized carbons (Fsp3) is 0.231. The van der Waals surface area contributed by atoms with Gasteiger partial charge in [0.05, 0.1) is 11.4 Å². The molecule has 2 aromatic rings. The number of benzene rings is 1. The third-order valence-corrected chi connectivity index (χ3v) is 2.59. The van der Waals surface area contributed by atoms with Crippen molar-refractivity contribution in [2.24, 2.45) is 16.5 Å². The smallest absolute Gasteiger partial charge is 0.302 e. The molecular weight excluding hydrogens is 256 g/mol. The van der Waals surface area contributed by atoms with Crippen LogP contribution in [0.3, 0.4) is 0 Å². The van der Waals surface area contributed by atoms with Crippen molar-refractivity contribution < 1.29 is 4.79 Å². The van der Waals surface area contributed by atoms with E-state index < -0.39 is 5.91 Å². The zero-order chi connectivity index (χ0) is 14.5. The summed E-state index contributed by atoms with van der Waals surface area (Å²) in [5, 5.41) is 8.52. The maximum atomic E-state index is 11.9. The Morgan fingerprint density at radius 3 is 2.55 bits per heavy atom. The van der Waals surface area contributed by atoms with Crippen molar-refractivity contribution in [3.63, 3.8) is 0 Å². The van der Waals surface area contributed by atoms with E-state index in [1.165, 1.54) is 4.80 Å². The highest BCUT2D eigenvalue weighted by Crippen LogP contribution is 2.11. The third-order valence-electron chi connectivity index (χ3n) is 2.59. The molecule has 4 N–H and O–H groups in total. The minimum Gasteiger partial charge on any atom is -0.370 e. The summed E-state index contributed by atoms with van der Waals surface area (Å²) in [6, 6.07) is 9.34. The molecule has 7 nitrogen and oxygen atoms in total. The summed E-state index contributed by atoms with van der Waals surface area (Å²) in [4.78, 5) is 16.9. The van der Waals surface area contributed by atoms with Gasteiger partial charge in [-0.15, -0.1) is 5.10 Å². The average molecular weight is 272 g/mol. The summed E-state index contributed by atoms with van der Waals surface area (Å²) < 4.78 is 0. The average Bonchev–Trinajstić information content (AvgIpc) is 2.83. The van der Waals surface area contributed by atoms with Crippen molar-refractivity contribution in [2.75, 3.05) is 0 Å². The van der Waals surface area contributed by atoms with Crippen LogP contribution in [0, 0.1) is 0 Å². The van der Waals surface area contributed by atoms with Crippen molar-refractivity contribution in [1.29, 1.82) is 0 Å². The number of carbonyl (C=O) groups is 1. The van der Waals surface area contributed by atoms with E-state index in [-0.39, 0.29) is 11.7 Å². The summed E-state index contributed by atoms with van der Waals surface area (Å²) in [5.41, 5.74) is 12.0. The first-order valence-corrected chi connectivity index (χ1v) is 6.27. The van der Waals surface area contributed by atoms with Crippen molar-refractivity contribution >= 4 is 11.9 Å². The van der Waals surface area contributed by atoms with Crippen molar-refractivity contribution in [3.8, 4) is 5.69 Å². The second-order valence-electron chi connectivity index (χ2n) is 4.21. The first-order chi connectivity index (χ1) is 9.61. The highest BCUT2D eigenvalue weighted by atomic mass is 16.1. The van der Waals surface area contributed by atoms with Gasteiger partial charge >= 0.3 is 5.91 Å². The number of hydrogen-bond donors (Lipinski definition) is 2. The number of carbonyl (C=O) groups excluding carboxylic acids is 1. The molecule has 0 aliphatic rings. The Balaban J connectivity index is 2.43. The second kappa shape index (κ2) is 5.96. The van der Waals surface area contributed by atoms with Gasteiger partial charge in [-0.25, -0.2) is 0 Å². The number of guanidine groups is 1. The Morgan fingerprint density at radius 1 is 1.25 bits per heavy atom. The van der Waals surface area contributed by atoms with Gasteiger partial charge in [-0.3, -0.25) is 4.79 Å². The largest absolute Gasteiger partial charge is 0.370 e. The molecule has 0 saturated carbocycles. The molecule has 0 aliphatic heterocycles. The van der Waals surface area contributed by atoms with Gasteiger partial charge in [-0.2, -0.15) is 14.9 Å². The van der Waals surface area contributed by atoms with Crippen LogP contribution in [-0.4, -0.2) is 26.9 Å². The monoisotopic (exact) mass is 272 g/mol. The number of aryl methyl sites for hydroxylation is 1. The summed E-state index contributed by atoms with van der Waals surface area (Å²) in [5.74, 6) is -0.859. The molecule has 1 aromatic heterocycles. The quantitative estimate of drug-likeness (QED) is 0.626. The highest BCUT2D eigenvalue weighted by Gasteiger charge is 2.18. The standard InChI is InChI=1S/C13H16N6O/c1-2-6-10-11(12(20)16-13(14)15)18-19(17-10)9-7-4-3-5-8-9/h3-5,7-8H,2,6H2,1H3,(H4,14,15,16,20). The Kier molecular flexibility index (Phi) is 4.09. The Labute approximate surface area is 116 Å². The lowest BCUT2D eigenvalue weighted by Gasteiger charge is -1.96. The number of amides is 1. The molecule has 0 atom stereocenters. The van der Waals surface area contributed by atoms with Gasteiger partial charge in [0.25, 0.3) is 0 Å². The Bertz CT molecular complexity index is 628. The molecule has 0 fully saturated rings. The fourth-order valence-electron chi connectivity index (χ4n) is 1.75. The second-order valence-corrected chi connectivity index (χ2v) is 4.21. The zero-order valence-corrected chi connectivity index (χ0v) is 11.2. The SMILES string of the molecule is CCCc1nn(-c2ccccc2)nc1C(=O)N=C(N)N. The van der Waals surface area contributed by atoms with E-state index in [0.29, 0.717) is 12.1 Å². The third kappa shape index (κ3) is 3.00. The lowest BCUT2D eigenvalue weighted by Crippen LogP contribution is -2.24. The first kappa shape index (κ1) is 13.7. The van der Waals surface area contributed by atoms with Crippen LogP contribution in [-0.2, 0) is 6.42 Å². The molecule has 104 valence electrons. The van der Waals surface area contributed by atoms with Crippen LogP contribution in [0.2, 0.25) is 0 Å². The first-order valence-electron chi connectivity index (χ1n) is 6.27. The summed E-state index contributed by atoms with van der Waals surface area (Å²) in [6.07, 6.45) is 1.48. The summed E-state index contributed by atoms with van der Waals surface area (Å²) in [7, 11) is 0. The van der Waals surface area contributed by atoms with E-state index in [2.05, 4.69) is 15.2 Å². The molecule has 0 spiro atoms. The van der Waals surface area contributed by atoms with E-state index in [1.54, 1.807) is 0 Å². The normalized spacial score (nSPS) is 10.2. The molecule has 7 heteroatoms. The maximum Gasteiger partial charge on any atom is 0.302 e. The molecule has 0 unspecified atom stereocenters. The molecule has 0 aliphatic carbocycles. The molecule has 1 heterocycles. The van der Waals surface area contributed by atoms with Crippen molar-refractivity contribution in [1.82, 2.24) is 15.0 Å². The van der Waals surface area contributed by atoms with Crippen LogP contribution in [0.4, 0.5) is 0 Å². The van der Waals surface area contributed by atoms with E-state index >= 15 is 0 Å². The van der Waals surface area contributed by atoms with Crippen molar-refractivity contribution in [2.45, 2.75) is 19.8 Å². The predicted molar refractivity (Wildman–Crippen MR) is 75.5 cm³/mol. The van der Waals surface area contributed by atoms with E-state index in [4.69, 9.17) is 11.5 Å². The van der Waals surface area contributed by atoms with Crippen LogP contribution in [0.25, 0.3) is 5.69 Å². The Morgan fingerprint density at radius 2 is 1.95 bits per heavy atom. The predicted octanol–water partition coefficient (Wildman–Crippen LogP) is 0.633. The molecule has 1 amide bonds. The van der Waals surface area contributed by atoms with Gasteiger partial charge < -0.3 is 11.5 Å². The number of nitrogens with zero attached hydrogens (tertiary/aromatic N) is 4. The van der Waals surface area contributed by atoms with Gasteiger partial charge in [-0.05, 0) is 18.6 Å². The number of nitrogens with two attached hydrogens (primary N) is 2. The summed E-state index contributed by atoms with van der Waals surface area (Å²) >= 11 is 0. The van der Waals surface area contributed by atoms with E-state index in [1.807, 2.05) is 37.3 Å². The van der Waals surface area contributed by atoms with E-state index in [9.17, 15) is 4.79 Å². The van der Waals surface area contributed by atoms with Gasteiger partial charge in [0.2, 0.25) is 0 Å². The van der Waals surface area contributed by atoms with Gasteiger partial charge in [-0.1, -0.05) is 31.5 Å². The number of aromatic nitrogens is 3. The minimum atomic E-state index is -0.573. The molecule has 2 rings (SSSR count). The highest BCUT2D eigenvalue weighted by molar-refractivity contribution is 6.01. The van der Waals surface area contributed by atoms with Crippen LogP contribution in [0.1, 0.15) is 29.5 Å². The number of para-hydroxylation sites is 1. The van der Waals surface area contributed by atoms with Crippen molar-refractivity contribution in [3.05, 3.63) is 41.7 Å². The lowest BCUT2D eigenvalue weighted by molar-refractivity contribution is 0.0996. The van der Waals surface area contributed by atoms with E-state index in [0.717, 1.165) is 12.1 Å². The number of aliphatic imine (C=N–C) groups is 1. The molecule has 0 saturated heterocycles. The molecule has 1 aromatic carbocycles. The number of hydrogen-bond acceptors (Lipinski definition) is 3. The lowest BCUT2D eigenvalue weighted by atomic mass is 10.2. The molecule has 20 heavy (non-hydrogen) atoms. The summed E-state index contributed by atoms with van der Waals surface area (Å²) in [6.45, 7) is 2.00. The molecule has 0 bridgehead atoms. The van der Waals surface area contributed by atoms with Gasteiger partial charge in [0, 0.05) is 0 Å². The minimum absolute atomic E-state index is 0.184. The van der Waals surface area contributed by atoms with Crippen LogP contribution in [0.5, 0.6) is 0 Å². The molecule has 0 radical (unpaired) electrons. The zero-order valence-electron chi connectivity index (χ0n) is 11.2. The topological polar surface area (TPSA) is 112 Å². The van der Waals surface area contributed by atoms with Crippen LogP contribution >= 0.6 is 0 Å². The Hall–Kier alpha value is -2.70. The molecular formula is C13H16N6O. The number of rotatable bonds is 4.